The molecule has 0 bridgehead atoms. The molecule has 1 saturated heterocycles. The summed E-state index contributed by atoms with van der Waals surface area (Å²) in [5.74, 6) is -0.374. The number of rotatable bonds is 18. The molecule has 0 aliphatic carbocycles. The number of carbonyl (C=O) groups excluding carboxylic acids is 1. The van der Waals surface area contributed by atoms with Gasteiger partial charge in [-0.2, -0.15) is 0 Å². The summed E-state index contributed by atoms with van der Waals surface area (Å²) in [4.78, 5) is 11.8. The number of carbonyl (C=O) groups is 1. The SMILES string of the molecule is CC/C=C\C/C=C\C/C=C\C/C=C\C/C=C\CCCC(=O)OCC(O)COC1OCCC(O)C1O. The Kier molecular flexibility index (Phi) is 18.8. The zero-order chi connectivity index (χ0) is 25.6. The first-order chi connectivity index (χ1) is 17.0. The Morgan fingerprint density at radius 1 is 0.914 bits per heavy atom. The summed E-state index contributed by atoms with van der Waals surface area (Å²) >= 11 is 0. The molecule has 3 N–H and O–H groups in total. The van der Waals surface area contributed by atoms with Gasteiger partial charge in [-0.1, -0.05) is 67.7 Å². The van der Waals surface area contributed by atoms with E-state index in [1.165, 1.54) is 0 Å². The van der Waals surface area contributed by atoms with Crippen LogP contribution in [0.4, 0.5) is 0 Å². The van der Waals surface area contributed by atoms with Crippen molar-refractivity contribution in [2.75, 3.05) is 19.8 Å². The molecule has 1 fully saturated rings. The van der Waals surface area contributed by atoms with E-state index in [4.69, 9.17) is 14.2 Å². The summed E-state index contributed by atoms with van der Waals surface area (Å²) in [6, 6.07) is 0. The highest BCUT2D eigenvalue weighted by Gasteiger charge is 2.32. The third-order valence-corrected chi connectivity index (χ3v) is 5.17. The highest BCUT2D eigenvalue weighted by molar-refractivity contribution is 5.69. The first-order valence-corrected chi connectivity index (χ1v) is 12.7. The predicted molar refractivity (Wildman–Crippen MR) is 138 cm³/mol. The van der Waals surface area contributed by atoms with Gasteiger partial charge in [-0.25, -0.2) is 0 Å². The molecule has 1 heterocycles. The van der Waals surface area contributed by atoms with Gasteiger partial charge >= 0.3 is 5.97 Å². The molecule has 4 unspecified atom stereocenters. The molecule has 0 amide bonds. The Labute approximate surface area is 210 Å². The molecule has 1 aliphatic heterocycles. The fraction of sp³-hybridized carbons (Fsp3) is 0.607. The van der Waals surface area contributed by atoms with Crippen LogP contribution in [0.25, 0.3) is 0 Å². The largest absolute Gasteiger partial charge is 0.463 e. The molecule has 1 aliphatic rings. The van der Waals surface area contributed by atoms with E-state index in [9.17, 15) is 20.1 Å². The Bertz CT molecular complexity index is 681. The Morgan fingerprint density at radius 3 is 2.09 bits per heavy atom. The Hall–Kier alpha value is -2.03. The highest BCUT2D eigenvalue weighted by atomic mass is 16.7. The van der Waals surface area contributed by atoms with Crippen LogP contribution in [0, 0.1) is 0 Å². The lowest BCUT2D eigenvalue weighted by Gasteiger charge is -2.32. The van der Waals surface area contributed by atoms with Gasteiger partial charge in [0.25, 0.3) is 0 Å². The van der Waals surface area contributed by atoms with Crippen LogP contribution in [0.15, 0.2) is 60.8 Å². The monoisotopic (exact) mass is 492 g/mol. The van der Waals surface area contributed by atoms with E-state index in [0.29, 0.717) is 12.8 Å². The van der Waals surface area contributed by atoms with Gasteiger partial charge in [-0.15, -0.1) is 0 Å². The number of aliphatic hydroxyl groups excluding tert-OH is 3. The molecule has 0 aromatic rings. The highest BCUT2D eigenvalue weighted by Crippen LogP contribution is 2.16. The molecule has 4 atom stereocenters. The summed E-state index contributed by atoms with van der Waals surface area (Å²) in [5.41, 5.74) is 0. The molecule has 7 nitrogen and oxygen atoms in total. The van der Waals surface area contributed by atoms with Crippen molar-refractivity contribution in [1.82, 2.24) is 0 Å². The average molecular weight is 493 g/mol. The van der Waals surface area contributed by atoms with Crippen LogP contribution in [-0.2, 0) is 19.0 Å². The molecular weight excluding hydrogens is 448 g/mol. The molecule has 0 aromatic carbocycles. The standard InChI is InChI=1S/C28H44O7/c1-2-3-4-5-6-7-8-9-10-11-12-13-14-15-16-17-18-19-26(31)34-22-24(29)23-35-28-27(32)25(30)20-21-33-28/h3-4,6-7,9-10,12-13,15-16,24-25,27-30,32H,2,5,8,11,14,17-23H2,1H3/b4-3-,7-6-,10-9-,13-12-,16-15-. The predicted octanol–water partition coefficient (Wildman–Crippen LogP) is 4.30. The zero-order valence-electron chi connectivity index (χ0n) is 21.0. The molecule has 0 radical (unpaired) electrons. The lowest BCUT2D eigenvalue weighted by atomic mass is 10.1. The smallest absolute Gasteiger partial charge is 0.305 e. The maximum atomic E-state index is 11.8. The molecule has 7 heteroatoms. The van der Waals surface area contributed by atoms with Gasteiger partial charge < -0.3 is 29.5 Å². The number of ether oxygens (including phenoxy) is 3. The number of esters is 1. The van der Waals surface area contributed by atoms with Gasteiger partial charge in [0, 0.05) is 6.42 Å². The van der Waals surface area contributed by atoms with Crippen molar-refractivity contribution in [2.45, 2.75) is 89.3 Å². The van der Waals surface area contributed by atoms with Crippen molar-refractivity contribution in [1.29, 1.82) is 0 Å². The number of hydrogen-bond acceptors (Lipinski definition) is 7. The topological polar surface area (TPSA) is 105 Å². The summed E-state index contributed by atoms with van der Waals surface area (Å²) in [6.45, 7) is 2.05. The lowest BCUT2D eigenvalue weighted by Crippen LogP contribution is -2.46. The van der Waals surface area contributed by atoms with Crippen LogP contribution in [0.2, 0.25) is 0 Å². The molecule has 0 spiro atoms. The minimum Gasteiger partial charge on any atom is -0.463 e. The van der Waals surface area contributed by atoms with Crippen LogP contribution < -0.4 is 0 Å². The minimum atomic E-state index is -1.16. The Balaban J connectivity index is 1.98. The fourth-order valence-corrected chi connectivity index (χ4v) is 3.15. The van der Waals surface area contributed by atoms with E-state index >= 15 is 0 Å². The summed E-state index contributed by atoms with van der Waals surface area (Å²) < 4.78 is 15.5. The van der Waals surface area contributed by atoms with Crippen molar-refractivity contribution in [2.24, 2.45) is 0 Å². The molecule has 1 rings (SSSR count). The van der Waals surface area contributed by atoms with E-state index in [1.807, 2.05) is 0 Å². The van der Waals surface area contributed by atoms with Gasteiger partial charge in [-0.3, -0.25) is 4.79 Å². The molecular formula is C28H44O7. The van der Waals surface area contributed by atoms with E-state index in [0.717, 1.165) is 38.5 Å². The van der Waals surface area contributed by atoms with Crippen molar-refractivity contribution >= 4 is 5.97 Å². The van der Waals surface area contributed by atoms with Gasteiger partial charge in [0.15, 0.2) is 6.29 Å². The maximum absolute atomic E-state index is 11.8. The third kappa shape index (κ3) is 17.1. The first-order valence-electron chi connectivity index (χ1n) is 12.7. The maximum Gasteiger partial charge on any atom is 0.305 e. The van der Waals surface area contributed by atoms with Gasteiger partial charge in [-0.05, 0) is 51.4 Å². The first kappa shape index (κ1) is 31.0. The van der Waals surface area contributed by atoms with Crippen LogP contribution in [0.5, 0.6) is 0 Å². The quantitative estimate of drug-likeness (QED) is 0.149. The van der Waals surface area contributed by atoms with E-state index < -0.39 is 24.6 Å². The number of aliphatic hydroxyl groups is 3. The van der Waals surface area contributed by atoms with Crippen molar-refractivity contribution in [3.63, 3.8) is 0 Å². The average Bonchev–Trinajstić information content (AvgIpc) is 2.85. The van der Waals surface area contributed by atoms with Crippen LogP contribution >= 0.6 is 0 Å². The molecule has 198 valence electrons. The van der Waals surface area contributed by atoms with E-state index in [-0.39, 0.29) is 32.2 Å². The van der Waals surface area contributed by atoms with Crippen molar-refractivity contribution in [3.8, 4) is 0 Å². The van der Waals surface area contributed by atoms with Crippen molar-refractivity contribution in [3.05, 3.63) is 60.8 Å². The fourth-order valence-electron chi connectivity index (χ4n) is 3.15. The van der Waals surface area contributed by atoms with E-state index in [1.54, 1.807) is 0 Å². The summed E-state index contributed by atoms with van der Waals surface area (Å²) in [5, 5.41) is 29.2. The van der Waals surface area contributed by atoms with Gasteiger partial charge in [0.2, 0.25) is 0 Å². The molecule has 35 heavy (non-hydrogen) atoms. The normalized spacial score (nSPS) is 22.3. The Morgan fingerprint density at radius 2 is 1.49 bits per heavy atom. The van der Waals surface area contributed by atoms with E-state index in [2.05, 4.69) is 67.7 Å². The molecule has 0 saturated carbocycles. The third-order valence-electron chi connectivity index (χ3n) is 5.17. The second kappa shape index (κ2) is 21.3. The second-order valence-corrected chi connectivity index (χ2v) is 8.36. The number of allylic oxidation sites excluding steroid dienone is 10. The lowest BCUT2D eigenvalue weighted by molar-refractivity contribution is -0.250. The van der Waals surface area contributed by atoms with Crippen LogP contribution in [0.3, 0.4) is 0 Å². The summed E-state index contributed by atoms with van der Waals surface area (Å²) in [7, 11) is 0. The van der Waals surface area contributed by atoms with Crippen molar-refractivity contribution < 1.29 is 34.3 Å². The number of unbranched alkanes of at least 4 members (excludes halogenated alkanes) is 1. The minimum absolute atomic E-state index is 0.165. The number of hydrogen-bond donors (Lipinski definition) is 3. The van der Waals surface area contributed by atoms with Crippen LogP contribution in [-0.4, -0.2) is 65.7 Å². The molecule has 0 aromatic heterocycles. The van der Waals surface area contributed by atoms with Gasteiger partial charge in [0.1, 0.15) is 18.8 Å². The zero-order valence-corrected chi connectivity index (χ0v) is 21.0. The van der Waals surface area contributed by atoms with Gasteiger partial charge in [0.05, 0.1) is 19.3 Å². The second-order valence-electron chi connectivity index (χ2n) is 8.36. The summed E-state index contributed by atoms with van der Waals surface area (Å²) in [6.07, 6.45) is 24.3. The van der Waals surface area contributed by atoms with Crippen LogP contribution in [0.1, 0.15) is 64.7 Å².